The second-order valence-electron chi connectivity index (χ2n) is 4.80. The van der Waals surface area contributed by atoms with Gasteiger partial charge >= 0.3 is 0 Å². The van der Waals surface area contributed by atoms with E-state index >= 15 is 0 Å². The third kappa shape index (κ3) is 3.78. The highest BCUT2D eigenvalue weighted by molar-refractivity contribution is 6.29. The van der Waals surface area contributed by atoms with Gasteiger partial charge in [0.15, 0.2) is 0 Å². The molecule has 0 unspecified atom stereocenters. The summed E-state index contributed by atoms with van der Waals surface area (Å²) in [6.45, 7) is 4.76. The van der Waals surface area contributed by atoms with E-state index in [1.54, 1.807) is 0 Å². The minimum Gasteiger partial charge on any atom is -0.347 e. The average molecular weight is 290 g/mol. The first-order valence-corrected chi connectivity index (χ1v) is 6.78. The van der Waals surface area contributed by atoms with Crippen molar-refractivity contribution >= 4 is 17.5 Å². The van der Waals surface area contributed by atoms with Crippen LogP contribution in [0.3, 0.4) is 0 Å². The van der Waals surface area contributed by atoms with Crippen molar-refractivity contribution in [1.29, 1.82) is 0 Å². The molecule has 1 heterocycles. The van der Waals surface area contributed by atoms with Crippen molar-refractivity contribution in [3.8, 4) is 0 Å². The van der Waals surface area contributed by atoms with Gasteiger partial charge in [-0.15, -0.1) is 0 Å². The van der Waals surface area contributed by atoms with Gasteiger partial charge in [0, 0.05) is 6.54 Å². The van der Waals surface area contributed by atoms with Crippen LogP contribution in [0.1, 0.15) is 41.4 Å². The Morgan fingerprint density at radius 2 is 1.90 bits per heavy atom. The van der Waals surface area contributed by atoms with Gasteiger partial charge in [-0.25, -0.2) is 9.97 Å². The van der Waals surface area contributed by atoms with E-state index in [0.717, 1.165) is 5.56 Å². The number of carbonyl (C=O) groups excluding carboxylic acids is 1. The van der Waals surface area contributed by atoms with E-state index in [-0.39, 0.29) is 16.8 Å². The van der Waals surface area contributed by atoms with Crippen molar-refractivity contribution < 1.29 is 4.79 Å². The smallest absolute Gasteiger partial charge is 0.271 e. The second-order valence-corrected chi connectivity index (χ2v) is 5.19. The summed E-state index contributed by atoms with van der Waals surface area (Å²) < 4.78 is 0. The van der Waals surface area contributed by atoms with Gasteiger partial charge in [-0.1, -0.05) is 49.7 Å². The number of aromatic nitrogens is 2. The van der Waals surface area contributed by atoms with Crippen LogP contribution in [0.5, 0.6) is 0 Å². The maximum Gasteiger partial charge on any atom is 0.271 e. The molecule has 4 nitrogen and oxygen atoms in total. The molecule has 0 saturated heterocycles. The summed E-state index contributed by atoms with van der Waals surface area (Å²) in [6.07, 6.45) is 2.72. The highest BCUT2D eigenvalue weighted by atomic mass is 35.5. The number of halogens is 1. The molecule has 20 heavy (non-hydrogen) atoms. The monoisotopic (exact) mass is 289 g/mol. The molecule has 0 saturated carbocycles. The quantitative estimate of drug-likeness (QED) is 0.940. The Balaban J connectivity index is 1.94. The van der Waals surface area contributed by atoms with Gasteiger partial charge in [-0.3, -0.25) is 4.79 Å². The standard InChI is InChI=1S/C15H16ClN3O/c1-10(2)12-5-3-11(4-6-12)7-19-15(20)13-8-18-14(16)9-17-13/h3-6,8-10H,7H2,1-2H3,(H,19,20). The van der Waals surface area contributed by atoms with Gasteiger partial charge in [0.25, 0.3) is 5.91 Å². The highest BCUT2D eigenvalue weighted by Gasteiger charge is 2.07. The minimum atomic E-state index is -0.262. The summed E-state index contributed by atoms with van der Waals surface area (Å²) in [5.41, 5.74) is 2.58. The van der Waals surface area contributed by atoms with Gasteiger partial charge in [-0.2, -0.15) is 0 Å². The summed E-state index contributed by atoms with van der Waals surface area (Å²) in [5, 5.41) is 3.07. The summed E-state index contributed by atoms with van der Waals surface area (Å²) in [4.78, 5) is 19.6. The average Bonchev–Trinajstić information content (AvgIpc) is 2.46. The summed E-state index contributed by atoms with van der Waals surface area (Å²) in [7, 11) is 0. The minimum absolute atomic E-state index is 0.258. The fourth-order valence-corrected chi connectivity index (χ4v) is 1.82. The van der Waals surface area contributed by atoms with Gasteiger partial charge in [0.2, 0.25) is 0 Å². The third-order valence-electron chi connectivity index (χ3n) is 2.95. The summed E-state index contributed by atoms with van der Waals surface area (Å²) in [6, 6.07) is 8.19. The second kappa shape index (κ2) is 6.48. The molecule has 0 radical (unpaired) electrons. The van der Waals surface area contributed by atoms with Crippen molar-refractivity contribution in [2.45, 2.75) is 26.3 Å². The molecule has 0 atom stereocenters. The van der Waals surface area contributed by atoms with Crippen LogP contribution in [0, 0.1) is 0 Å². The van der Waals surface area contributed by atoms with E-state index in [1.165, 1.54) is 18.0 Å². The lowest BCUT2D eigenvalue weighted by Crippen LogP contribution is -2.23. The van der Waals surface area contributed by atoms with Crippen LogP contribution in [0.25, 0.3) is 0 Å². The van der Waals surface area contributed by atoms with Gasteiger partial charge < -0.3 is 5.32 Å². The molecule has 0 fully saturated rings. The lowest BCUT2D eigenvalue weighted by molar-refractivity contribution is 0.0945. The maximum absolute atomic E-state index is 11.8. The normalized spacial score (nSPS) is 10.6. The van der Waals surface area contributed by atoms with Crippen LogP contribution in [0.4, 0.5) is 0 Å². The van der Waals surface area contributed by atoms with Crippen LogP contribution in [0.2, 0.25) is 5.15 Å². The SMILES string of the molecule is CC(C)c1ccc(CNC(=O)c2cnc(Cl)cn2)cc1. The van der Waals surface area contributed by atoms with Crippen LogP contribution in [0.15, 0.2) is 36.7 Å². The van der Waals surface area contributed by atoms with E-state index in [0.29, 0.717) is 12.5 Å². The molecule has 1 aromatic carbocycles. The van der Waals surface area contributed by atoms with E-state index in [1.807, 2.05) is 12.1 Å². The lowest BCUT2D eigenvalue weighted by atomic mass is 10.0. The zero-order valence-electron chi connectivity index (χ0n) is 11.4. The van der Waals surface area contributed by atoms with Crippen LogP contribution in [-0.2, 0) is 6.54 Å². The first kappa shape index (κ1) is 14.5. The fraction of sp³-hybridized carbons (Fsp3) is 0.267. The Kier molecular flexibility index (Phi) is 4.69. The lowest BCUT2D eigenvalue weighted by Gasteiger charge is -2.08. The van der Waals surface area contributed by atoms with E-state index in [9.17, 15) is 4.79 Å². The Labute approximate surface area is 123 Å². The van der Waals surface area contributed by atoms with Gasteiger partial charge in [-0.05, 0) is 17.0 Å². The first-order chi connectivity index (χ1) is 9.56. The zero-order chi connectivity index (χ0) is 14.5. The molecular formula is C15H16ClN3O. The molecule has 0 aliphatic carbocycles. The zero-order valence-corrected chi connectivity index (χ0v) is 12.2. The van der Waals surface area contributed by atoms with E-state index in [2.05, 4.69) is 41.3 Å². The summed E-state index contributed by atoms with van der Waals surface area (Å²) in [5.74, 6) is 0.241. The highest BCUT2D eigenvalue weighted by Crippen LogP contribution is 2.14. The number of hydrogen-bond donors (Lipinski definition) is 1. The largest absolute Gasteiger partial charge is 0.347 e. The van der Waals surface area contributed by atoms with Gasteiger partial charge in [0.05, 0.1) is 12.4 Å². The number of nitrogens with one attached hydrogen (secondary N) is 1. The Bertz CT molecular complexity index is 579. The number of carbonyl (C=O) groups is 1. The molecule has 104 valence electrons. The van der Waals surface area contributed by atoms with Crippen molar-refractivity contribution in [2.75, 3.05) is 0 Å². The number of amides is 1. The molecule has 0 aliphatic heterocycles. The maximum atomic E-state index is 11.8. The van der Waals surface area contributed by atoms with Crippen LogP contribution >= 0.6 is 11.6 Å². The number of rotatable bonds is 4. The van der Waals surface area contributed by atoms with Crippen molar-refractivity contribution in [1.82, 2.24) is 15.3 Å². The fourth-order valence-electron chi connectivity index (χ4n) is 1.72. The Morgan fingerprint density at radius 3 is 2.45 bits per heavy atom. The molecule has 2 aromatic rings. The predicted molar refractivity (Wildman–Crippen MR) is 78.7 cm³/mol. The van der Waals surface area contributed by atoms with E-state index < -0.39 is 0 Å². The molecule has 0 spiro atoms. The molecule has 5 heteroatoms. The Hall–Kier alpha value is -1.94. The molecular weight excluding hydrogens is 274 g/mol. The predicted octanol–water partition coefficient (Wildman–Crippen LogP) is 3.18. The van der Waals surface area contributed by atoms with Crippen LogP contribution < -0.4 is 5.32 Å². The summed E-state index contributed by atoms with van der Waals surface area (Å²) >= 11 is 5.62. The van der Waals surface area contributed by atoms with Crippen LogP contribution in [-0.4, -0.2) is 15.9 Å². The molecule has 0 bridgehead atoms. The molecule has 1 N–H and O–H groups in total. The Morgan fingerprint density at radius 1 is 1.20 bits per heavy atom. The number of benzene rings is 1. The first-order valence-electron chi connectivity index (χ1n) is 6.41. The van der Waals surface area contributed by atoms with E-state index in [4.69, 9.17) is 11.6 Å². The molecule has 0 aliphatic rings. The number of nitrogens with zero attached hydrogens (tertiary/aromatic N) is 2. The van der Waals surface area contributed by atoms with Crippen molar-refractivity contribution in [2.24, 2.45) is 0 Å². The molecule has 1 amide bonds. The topological polar surface area (TPSA) is 54.9 Å². The molecule has 2 rings (SSSR count). The van der Waals surface area contributed by atoms with Crippen molar-refractivity contribution in [3.63, 3.8) is 0 Å². The van der Waals surface area contributed by atoms with Gasteiger partial charge in [0.1, 0.15) is 10.8 Å². The molecule has 1 aromatic heterocycles. The third-order valence-corrected chi connectivity index (χ3v) is 3.15. The number of hydrogen-bond acceptors (Lipinski definition) is 3. The van der Waals surface area contributed by atoms with Crippen molar-refractivity contribution in [3.05, 3.63) is 58.6 Å².